The van der Waals surface area contributed by atoms with E-state index in [-0.39, 0.29) is 11.1 Å². The van der Waals surface area contributed by atoms with Crippen molar-refractivity contribution in [3.63, 3.8) is 0 Å². The number of rotatable bonds is 3. The van der Waals surface area contributed by atoms with E-state index in [1.807, 2.05) is 0 Å². The molecule has 0 bridgehead atoms. The molecule has 2 N–H and O–H groups in total. The third kappa shape index (κ3) is 2.28. The van der Waals surface area contributed by atoms with Crippen molar-refractivity contribution in [2.45, 2.75) is 6.04 Å². The SMILES string of the molecule is O=C(O)C1=CC=CC2=NCCN(c3ccccc3C(=O)O)C12. The van der Waals surface area contributed by atoms with E-state index in [4.69, 9.17) is 0 Å². The quantitative estimate of drug-likeness (QED) is 0.884. The van der Waals surface area contributed by atoms with Crippen LogP contribution in [0.2, 0.25) is 0 Å². The van der Waals surface area contributed by atoms with Crippen LogP contribution in [0, 0.1) is 0 Å². The number of hydrogen-bond donors (Lipinski definition) is 2. The highest BCUT2D eigenvalue weighted by Crippen LogP contribution is 2.29. The fraction of sp³-hybridized carbons (Fsp3) is 0.188. The number of benzene rings is 1. The zero-order chi connectivity index (χ0) is 15.7. The van der Waals surface area contributed by atoms with E-state index in [0.717, 1.165) is 0 Å². The Morgan fingerprint density at radius 1 is 1.18 bits per heavy atom. The largest absolute Gasteiger partial charge is 0.478 e. The Morgan fingerprint density at radius 2 is 1.95 bits per heavy atom. The number of carboxylic acid groups (broad SMARTS) is 2. The van der Waals surface area contributed by atoms with Crippen molar-refractivity contribution < 1.29 is 19.8 Å². The van der Waals surface area contributed by atoms with Gasteiger partial charge in [-0.15, -0.1) is 0 Å². The number of carboxylic acids is 2. The molecule has 0 spiro atoms. The fourth-order valence-corrected chi connectivity index (χ4v) is 2.83. The molecule has 0 saturated heterocycles. The third-order valence-electron chi connectivity index (χ3n) is 3.76. The number of aliphatic imine (C=N–C) groups is 1. The molecule has 6 heteroatoms. The lowest BCUT2D eigenvalue weighted by atomic mass is 9.92. The molecule has 0 fully saturated rings. The van der Waals surface area contributed by atoms with E-state index in [2.05, 4.69) is 4.99 Å². The molecule has 1 aliphatic heterocycles. The van der Waals surface area contributed by atoms with E-state index >= 15 is 0 Å². The number of carbonyl (C=O) groups is 2. The van der Waals surface area contributed by atoms with Crippen LogP contribution in [0.4, 0.5) is 5.69 Å². The molecular formula is C16H14N2O4. The van der Waals surface area contributed by atoms with Gasteiger partial charge in [0.2, 0.25) is 0 Å². The lowest BCUT2D eigenvalue weighted by Gasteiger charge is -2.38. The van der Waals surface area contributed by atoms with Crippen LogP contribution in [0.5, 0.6) is 0 Å². The van der Waals surface area contributed by atoms with E-state index in [9.17, 15) is 19.8 Å². The van der Waals surface area contributed by atoms with Gasteiger partial charge < -0.3 is 15.1 Å². The van der Waals surface area contributed by atoms with Crippen molar-refractivity contribution in [3.8, 4) is 0 Å². The summed E-state index contributed by atoms with van der Waals surface area (Å²) in [5, 5.41) is 18.8. The highest BCUT2D eigenvalue weighted by molar-refractivity contribution is 6.12. The van der Waals surface area contributed by atoms with Crippen molar-refractivity contribution >= 4 is 23.3 Å². The van der Waals surface area contributed by atoms with Gasteiger partial charge in [-0.05, 0) is 24.3 Å². The van der Waals surface area contributed by atoms with Gasteiger partial charge in [0, 0.05) is 6.54 Å². The Hall–Kier alpha value is -2.89. The van der Waals surface area contributed by atoms with E-state index in [1.54, 1.807) is 35.3 Å². The third-order valence-corrected chi connectivity index (χ3v) is 3.76. The van der Waals surface area contributed by atoms with Gasteiger partial charge in [0.05, 0.1) is 29.1 Å². The highest BCUT2D eigenvalue weighted by Gasteiger charge is 2.35. The number of para-hydroxylation sites is 1. The van der Waals surface area contributed by atoms with Crippen LogP contribution in [0.1, 0.15) is 10.4 Å². The summed E-state index contributed by atoms with van der Waals surface area (Å²) in [6, 6.07) is 6.06. The summed E-state index contributed by atoms with van der Waals surface area (Å²) in [4.78, 5) is 29.1. The van der Waals surface area contributed by atoms with E-state index < -0.39 is 18.0 Å². The minimum atomic E-state index is -1.04. The molecule has 1 heterocycles. The first-order chi connectivity index (χ1) is 10.6. The number of aromatic carboxylic acids is 1. The van der Waals surface area contributed by atoms with Gasteiger partial charge >= 0.3 is 11.9 Å². The first-order valence-corrected chi connectivity index (χ1v) is 6.84. The molecule has 0 radical (unpaired) electrons. The zero-order valence-corrected chi connectivity index (χ0v) is 11.6. The Bertz CT molecular complexity index is 733. The van der Waals surface area contributed by atoms with Crippen LogP contribution < -0.4 is 4.90 Å². The zero-order valence-electron chi connectivity index (χ0n) is 11.6. The standard InChI is InChI=1S/C16H14N2O4/c19-15(20)10-4-1-2-7-13(10)18-9-8-17-12-6-3-5-11(14(12)18)16(21)22/h1-7,14H,8-9H2,(H,19,20)(H,21,22). The molecule has 0 aromatic heterocycles. The van der Waals surface area contributed by atoms with Crippen molar-refractivity contribution in [1.82, 2.24) is 0 Å². The molecule has 2 aliphatic rings. The summed E-state index contributed by atoms with van der Waals surface area (Å²) in [5.74, 6) is -2.06. The monoisotopic (exact) mass is 298 g/mol. The van der Waals surface area contributed by atoms with Crippen molar-refractivity contribution in [2.75, 3.05) is 18.0 Å². The fourth-order valence-electron chi connectivity index (χ4n) is 2.83. The summed E-state index contributed by atoms with van der Waals surface area (Å²) >= 11 is 0. The molecule has 1 aromatic rings. The number of fused-ring (bicyclic) bond motifs is 1. The molecule has 6 nitrogen and oxygen atoms in total. The van der Waals surface area contributed by atoms with Crippen LogP contribution in [-0.4, -0.2) is 47.0 Å². The number of nitrogens with zero attached hydrogens (tertiary/aromatic N) is 2. The van der Waals surface area contributed by atoms with Gasteiger partial charge in [-0.25, -0.2) is 9.59 Å². The van der Waals surface area contributed by atoms with Crippen molar-refractivity contribution in [3.05, 3.63) is 53.6 Å². The topological polar surface area (TPSA) is 90.2 Å². The maximum atomic E-state index is 11.5. The predicted molar refractivity (Wildman–Crippen MR) is 81.7 cm³/mol. The molecule has 1 aromatic carbocycles. The molecule has 0 amide bonds. The van der Waals surface area contributed by atoms with E-state index in [1.165, 1.54) is 12.1 Å². The number of aliphatic carboxylic acids is 1. The molecule has 1 atom stereocenters. The van der Waals surface area contributed by atoms with E-state index in [0.29, 0.717) is 24.5 Å². The van der Waals surface area contributed by atoms with Crippen LogP contribution in [0.3, 0.4) is 0 Å². The highest BCUT2D eigenvalue weighted by atomic mass is 16.4. The number of hydrogen-bond acceptors (Lipinski definition) is 4. The molecule has 112 valence electrons. The average molecular weight is 298 g/mol. The Kier molecular flexibility index (Phi) is 3.50. The second-order valence-corrected chi connectivity index (χ2v) is 5.01. The summed E-state index contributed by atoms with van der Waals surface area (Å²) in [6.07, 6.45) is 4.96. The van der Waals surface area contributed by atoms with Crippen molar-refractivity contribution in [1.29, 1.82) is 0 Å². The maximum absolute atomic E-state index is 11.5. The van der Waals surface area contributed by atoms with Gasteiger partial charge in [-0.3, -0.25) is 4.99 Å². The number of allylic oxidation sites excluding steroid dienone is 2. The minimum absolute atomic E-state index is 0.156. The first-order valence-electron chi connectivity index (χ1n) is 6.84. The van der Waals surface area contributed by atoms with Crippen molar-refractivity contribution in [2.24, 2.45) is 4.99 Å². The van der Waals surface area contributed by atoms with Crippen LogP contribution >= 0.6 is 0 Å². The predicted octanol–water partition coefficient (Wildman–Crippen LogP) is 1.60. The molecule has 0 saturated carbocycles. The molecule has 22 heavy (non-hydrogen) atoms. The number of anilines is 1. The lowest BCUT2D eigenvalue weighted by Crippen LogP contribution is -2.49. The summed E-state index contributed by atoms with van der Waals surface area (Å²) < 4.78 is 0. The smallest absolute Gasteiger partial charge is 0.337 e. The lowest BCUT2D eigenvalue weighted by molar-refractivity contribution is -0.132. The normalized spacial score (nSPS) is 20.0. The van der Waals surface area contributed by atoms with Gasteiger partial charge in [0.25, 0.3) is 0 Å². The summed E-state index contributed by atoms with van der Waals surface area (Å²) in [6.45, 7) is 0.966. The molecular weight excluding hydrogens is 284 g/mol. The van der Waals surface area contributed by atoms with Gasteiger partial charge in [-0.1, -0.05) is 18.2 Å². The molecule has 1 aliphatic carbocycles. The van der Waals surface area contributed by atoms with Crippen LogP contribution in [0.15, 0.2) is 53.1 Å². The summed E-state index contributed by atoms with van der Waals surface area (Å²) in [5.41, 5.74) is 1.50. The second-order valence-electron chi connectivity index (χ2n) is 5.01. The average Bonchev–Trinajstić information content (AvgIpc) is 2.53. The van der Waals surface area contributed by atoms with Crippen LogP contribution in [-0.2, 0) is 4.79 Å². The van der Waals surface area contributed by atoms with Gasteiger partial charge in [-0.2, -0.15) is 0 Å². The molecule has 3 rings (SSSR count). The van der Waals surface area contributed by atoms with Gasteiger partial charge in [0.1, 0.15) is 6.04 Å². The summed E-state index contributed by atoms with van der Waals surface area (Å²) in [7, 11) is 0. The Labute approximate surface area is 126 Å². The van der Waals surface area contributed by atoms with Gasteiger partial charge in [0.15, 0.2) is 0 Å². The first kappa shape index (κ1) is 14.1. The maximum Gasteiger partial charge on any atom is 0.337 e. The molecule has 1 unspecified atom stereocenters. The Morgan fingerprint density at radius 3 is 2.68 bits per heavy atom. The minimum Gasteiger partial charge on any atom is -0.478 e. The Balaban J connectivity index is 2.10. The van der Waals surface area contributed by atoms with Crippen LogP contribution in [0.25, 0.3) is 0 Å². The second kappa shape index (κ2) is 5.48.